The van der Waals surface area contributed by atoms with Crippen molar-refractivity contribution >= 4 is 40.1 Å². The van der Waals surface area contributed by atoms with Crippen LogP contribution in [0, 0.1) is 0 Å². The molecule has 3 aromatic rings. The van der Waals surface area contributed by atoms with Gasteiger partial charge in [0.05, 0.1) is 23.1 Å². The summed E-state index contributed by atoms with van der Waals surface area (Å²) < 4.78 is 11.7. The number of rotatable bonds is 3. The molecule has 0 N–H and O–H groups in total. The molecule has 2 aliphatic heterocycles. The van der Waals surface area contributed by atoms with Crippen molar-refractivity contribution in [1.82, 2.24) is 4.90 Å². The third kappa shape index (κ3) is 3.14. The fraction of sp³-hybridized carbons (Fsp3) is 0.273. The molecule has 0 unspecified atom stereocenters. The number of ether oxygens (including phenoxy) is 1. The van der Waals surface area contributed by atoms with Gasteiger partial charge < -0.3 is 14.1 Å². The minimum absolute atomic E-state index is 0.0612. The van der Waals surface area contributed by atoms with E-state index >= 15 is 0 Å². The topological polar surface area (TPSA) is 59.8 Å². The molecule has 0 bridgehead atoms. The number of halogens is 2. The fourth-order valence-electron chi connectivity index (χ4n) is 4.21. The number of benzene rings is 2. The van der Waals surface area contributed by atoms with Crippen LogP contribution in [0.1, 0.15) is 40.6 Å². The van der Waals surface area contributed by atoms with E-state index in [0.717, 1.165) is 18.4 Å². The van der Waals surface area contributed by atoms with Crippen molar-refractivity contribution in [2.75, 3.05) is 13.2 Å². The Labute approximate surface area is 176 Å². The number of nitrogens with zero attached hydrogens (tertiary/aromatic N) is 1. The van der Waals surface area contributed by atoms with Crippen LogP contribution in [-0.4, -0.2) is 30.1 Å². The molecule has 7 heteroatoms. The van der Waals surface area contributed by atoms with E-state index in [1.807, 2.05) is 12.1 Å². The lowest BCUT2D eigenvalue weighted by atomic mass is 9.98. The highest BCUT2D eigenvalue weighted by molar-refractivity contribution is 6.31. The van der Waals surface area contributed by atoms with Gasteiger partial charge >= 0.3 is 0 Å². The lowest BCUT2D eigenvalue weighted by Gasteiger charge is -2.27. The van der Waals surface area contributed by atoms with Gasteiger partial charge in [0.25, 0.3) is 5.91 Å². The van der Waals surface area contributed by atoms with Crippen LogP contribution in [0.25, 0.3) is 11.0 Å². The SMILES string of the molecule is O=C1c2oc3ccc(Cl)cc3c(=O)c2[C@@H](c2cccc(Cl)c2)N1C[C@@H]1CCCO1. The van der Waals surface area contributed by atoms with Crippen molar-refractivity contribution in [3.63, 3.8) is 0 Å². The van der Waals surface area contributed by atoms with Gasteiger partial charge in [-0.25, -0.2) is 0 Å². The van der Waals surface area contributed by atoms with Crippen LogP contribution in [0.15, 0.2) is 51.7 Å². The number of carbonyl (C=O) groups excluding carboxylic acids is 1. The van der Waals surface area contributed by atoms with Gasteiger partial charge in [0.2, 0.25) is 5.76 Å². The van der Waals surface area contributed by atoms with Gasteiger partial charge in [0.15, 0.2) is 5.43 Å². The molecule has 5 nitrogen and oxygen atoms in total. The third-order valence-electron chi connectivity index (χ3n) is 5.52. The first kappa shape index (κ1) is 18.7. The van der Waals surface area contributed by atoms with Crippen LogP contribution in [0.2, 0.25) is 10.0 Å². The standard InChI is InChI=1S/C22H17Cl2NO4/c23-13-4-1-3-12(9-13)19-18-20(26)16-10-14(24)6-7-17(16)29-21(18)22(27)25(19)11-15-5-2-8-28-15/h1,3-4,6-7,9-10,15,19H,2,5,8,11H2/t15-,19+/m0/s1. The zero-order chi connectivity index (χ0) is 20.1. The molecule has 3 heterocycles. The molecule has 2 aromatic carbocycles. The molecule has 1 amide bonds. The monoisotopic (exact) mass is 429 g/mol. The Hall–Kier alpha value is -2.34. The van der Waals surface area contributed by atoms with E-state index in [0.29, 0.717) is 39.7 Å². The van der Waals surface area contributed by atoms with E-state index in [9.17, 15) is 9.59 Å². The van der Waals surface area contributed by atoms with Gasteiger partial charge in [-0.1, -0.05) is 35.3 Å². The lowest BCUT2D eigenvalue weighted by molar-refractivity contribution is 0.0486. The maximum Gasteiger partial charge on any atom is 0.291 e. The quantitative estimate of drug-likeness (QED) is 0.598. The predicted octanol–water partition coefficient (Wildman–Crippen LogP) is 4.82. The van der Waals surface area contributed by atoms with Gasteiger partial charge in [0, 0.05) is 23.2 Å². The van der Waals surface area contributed by atoms with Gasteiger partial charge in [-0.05, 0) is 48.7 Å². The summed E-state index contributed by atoms with van der Waals surface area (Å²) in [5.41, 5.74) is 1.17. The Bertz CT molecular complexity index is 1180. The fourth-order valence-corrected chi connectivity index (χ4v) is 4.58. The summed E-state index contributed by atoms with van der Waals surface area (Å²) in [4.78, 5) is 28.4. The Morgan fingerprint density at radius 2 is 1.90 bits per heavy atom. The molecule has 0 radical (unpaired) electrons. The zero-order valence-electron chi connectivity index (χ0n) is 15.4. The first-order valence-electron chi connectivity index (χ1n) is 9.47. The molecule has 1 saturated heterocycles. The Morgan fingerprint density at radius 1 is 1.07 bits per heavy atom. The third-order valence-corrected chi connectivity index (χ3v) is 5.99. The van der Waals surface area contributed by atoms with Crippen LogP contribution in [0.3, 0.4) is 0 Å². The number of carbonyl (C=O) groups is 1. The molecule has 1 fully saturated rings. The summed E-state index contributed by atoms with van der Waals surface area (Å²) in [6.07, 6.45) is 1.77. The Morgan fingerprint density at radius 3 is 2.66 bits per heavy atom. The molecule has 1 aromatic heterocycles. The van der Waals surface area contributed by atoms with E-state index in [1.54, 1.807) is 35.2 Å². The largest absolute Gasteiger partial charge is 0.450 e. The van der Waals surface area contributed by atoms with Crippen molar-refractivity contribution in [3.8, 4) is 0 Å². The molecular formula is C22H17Cl2NO4. The van der Waals surface area contributed by atoms with Crippen LogP contribution in [0.5, 0.6) is 0 Å². The molecule has 0 saturated carbocycles. The summed E-state index contributed by atoms with van der Waals surface area (Å²) in [7, 11) is 0. The van der Waals surface area contributed by atoms with E-state index in [2.05, 4.69) is 0 Å². The first-order valence-corrected chi connectivity index (χ1v) is 10.2. The Kier molecular flexibility index (Phi) is 4.62. The molecule has 0 spiro atoms. The molecule has 0 aliphatic carbocycles. The summed E-state index contributed by atoms with van der Waals surface area (Å²) in [5, 5.41) is 1.33. The highest BCUT2D eigenvalue weighted by atomic mass is 35.5. The van der Waals surface area contributed by atoms with Crippen molar-refractivity contribution < 1.29 is 13.9 Å². The van der Waals surface area contributed by atoms with Gasteiger partial charge in [-0.2, -0.15) is 0 Å². The van der Waals surface area contributed by atoms with Crippen molar-refractivity contribution in [3.05, 3.63) is 79.6 Å². The van der Waals surface area contributed by atoms with Crippen molar-refractivity contribution in [1.29, 1.82) is 0 Å². The molecule has 29 heavy (non-hydrogen) atoms. The highest BCUT2D eigenvalue weighted by Gasteiger charge is 2.43. The maximum atomic E-state index is 13.4. The second-order valence-electron chi connectivity index (χ2n) is 7.36. The van der Waals surface area contributed by atoms with Crippen LogP contribution >= 0.6 is 23.2 Å². The smallest absolute Gasteiger partial charge is 0.291 e. The summed E-state index contributed by atoms with van der Waals surface area (Å²) in [6.45, 7) is 1.07. The first-order chi connectivity index (χ1) is 14.0. The van der Waals surface area contributed by atoms with Gasteiger partial charge in [-0.3, -0.25) is 9.59 Å². The predicted molar refractivity (Wildman–Crippen MR) is 111 cm³/mol. The number of fused-ring (bicyclic) bond motifs is 2. The minimum Gasteiger partial charge on any atom is -0.450 e. The number of amides is 1. The molecule has 2 aliphatic rings. The summed E-state index contributed by atoms with van der Waals surface area (Å²) in [6, 6.07) is 11.5. The number of hydrogen-bond acceptors (Lipinski definition) is 4. The normalized spacial score (nSPS) is 21.2. The second-order valence-corrected chi connectivity index (χ2v) is 8.24. The average molecular weight is 430 g/mol. The van der Waals surface area contributed by atoms with E-state index in [1.165, 1.54) is 0 Å². The molecular weight excluding hydrogens is 413 g/mol. The minimum atomic E-state index is -0.583. The highest BCUT2D eigenvalue weighted by Crippen LogP contribution is 2.39. The maximum absolute atomic E-state index is 13.4. The van der Waals surface area contributed by atoms with E-state index in [-0.39, 0.29) is 23.2 Å². The van der Waals surface area contributed by atoms with E-state index < -0.39 is 6.04 Å². The van der Waals surface area contributed by atoms with Crippen LogP contribution < -0.4 is 5.43 Å². The van der Waals surface area contributed by atoms with Crippen molar-refractivity contribution in [2.45, 2.75) is 25.0 Å². The van der Waals surface area contributed by atoms with Gasteiger partial charge in [-0.15, -0.1) is 0 Å². The zero-order valence-corrected chi connectivity index (χ0v) is 16.9. The van der Waals surface area contributed by atoms with Crippen molar-refractivity contribution in [2.24, 2.45) is 0 Å². The summed E-state index contributed by atoms with van der Waals surface area (Å²) >= 11 is 12.3. The lowest BCUT2D eigenvalue weighted by Crippen LogP contribution is -2.36. The van der Waals surface area contributed by atoms with E-state index in [4.69, 9.17) is 32.4 Å². The average Bonchev–Trinajstić information content (AvgIpc) is 3.31. The molecule has 2 atom stereocenters. The second kappa shape index (κ2) is 7.17. The van der Waals surface area contributed by atoms with Crippen LogP contribution in [-0.2, 0) is 4.74 Å². The van der Waals surface area contributed by atoms with Gasteiger partial charge in [0.1, 0.15) is 5.58 Å². The summed E-state index contributed by atoms with van der Waals surface area (Å²) in [5.74, 6) is -0.234. The Balaban J connectivity index is 1.72. The van der Waals surface area contributed by atoms with Crippen LogP contribution in [0.4, 0.5) is 0 Å². The number of hydrogen-bond donors (Lipinski definition) is 0. The molecule has 5 rings (SSSR count). The molecule has 148 valence electrons.